The van der Waals surface area contributed by atoms with Crippen molar-refractivity contribution in [1.82, 2.24) is 9.47 Å². The summed E-state index contributed by atoms with van der Waals surface area (Å²) >= 11 is 1.35. The van der Waals surface area contributed by atoms with Crippen LogP contribution in [0.2, 0.25) is 0 Å². The Morgan fingerprint density at radius 2 is 2.08 bits per heavy atom. The number of likely N-dealkylation sites (tertiary alicyclic amines) is 1. The van der Waals surface area contributed by atoms with Crippen molar-refractivity contribution in [2.75, 3.05) is 13.2 Å². The first-order valence-corrected chi connectivity index (χ1v) is 9.13. The van der Waals surface area contributed by atoms with Gasteiger partial charge in [0.25, 0.3) is 5.91 Å². The van der Waals surface area contributed by atoms with Crippen molar-refractivity contribution in [3.63, 3.8) is 0 Å². The van der Waals surface area contributed by atoms with E-state index in [1.807, 2.05) is 29.7 Å². The quantitative estimate of drug-likeness (QED) is 0.572. The maximum atomic E-state index is 12.3. The maximum Gasteiger partial charge on any atom is 0.268 e. The Labute approximate surface area is 154 Å². The highest BCUT2D eigenvalue weighted by Gasteiger charge is 2.30. The molecule has 3 amide bonds. The summed E-state index contributed by atoms with van der Waals surface area (Å²) < 4.78 is 8.47. The Morgan fingerprint density at radius 1 is 1.35 bits per heavy atom. The third-order valence-electron chi connectivity index (χ3n) is 3.94. The fourth-order valence-electron chi connectivity index (χ4n) is 2.83. The standard InChI is InChI=1S/C18H19N3O4S/c1-3-10-20-17-12(25-4-2)6-5-7-13(17)26-18(20)19-14(22)11-21-15(23)8-9-16(21)24/h3,5-7H,1,4,8-11H2,2H3. The van der Waals surface area contributed by atoms with E-state index >= 15 is 0 Å². The van der Waals surface area contributed by atoms with Gasteiger partial charge in [-0.1, -0.05) is 23.5 Å². The number of nitrogens with zero attached hydrogens (tertiary/aromatic N) is 3. The smallest absolute Gasteiger partial charge is 0.268 e. The number of imide groups is 1. The molecule has 1 aromatic heterocycles. The molecule has 0 N–H and O–H groups in total. The Bertz CT molecular complexity index is 941. The molecule has 0 atom stereocenters. The number of para-hydroxylation sites is 1. The zero-order chi connectivity index (χ0) is 18.7. The minimum atomic E-state index is -0.532. The summed E-state index contributed by atoms with van der Waals surface area (Å²) in [5, 5.41) is 0. The van der Waals surface area contributed by atoms with Crippen molar-refractivity contribution in [2.24, 2.45) is 4.99 Å². The number of allylic oxidation sites excluding steroid dienone is 1. The van der Waals surface area contributed by atoms with Crippen molar-refractivity contribution >= 4 is 39.3 Å². The van der Waals surface area contributed by atoms with Crippen LogP contribution in [-0.4, -0.2) is 40.3 Å². The van der Waals surface area contributed by atoms with Crippen LogP contribution in [0, 0.1) is 0 Å². The monoisotopic (exact) mass is 373 g/mol. The zero-order valence-corrected chi connectivity index (χ0v) is 15.3. The van der Waals surface area contributed by atoms with Gasteiger partial charge in [-0.3, -0.25) is 19.3 Å². The van der Waals surface area contributed by atoms with Crippen LogP contribution in [0.4, 0.5) is 0 Å². The van der Waals surface area contributed by atoms with E-state index < -0.39 is 5.91 Å². The van der Waals surface area contributed by atoms with E-state index in [2.05, 4.69) is 11.6 Å². The van der Waals surface area contributed by atoms with Crippen molar-refractivity contribution in [3.05, 3.63) is 35.7 Å². The van der Waals surface area contributed by atoms with E-state index in [1.165, 1.54) is 11.3 Å². The number of amides is 3. The van der Waals surface area contributed by atoms with Gasteiger partial charge in [0.15, 0.2) is 4.80 Å². The molecule has 1 aromatic carbocycles. The average Bonchev–Trinajstić information content (AvgIpc) is 3.11. The van der Waals surface area contributed by atoms with E-state index in [0.29, 0.717) is 23.7 Å². The third kappa shape index (κ3) is 3.45. The fraction of sp³-hybridized carbons (Fsp3) is 0.333. The fourth-order valence-corrected chi connectivity index (χ4v) is 3.90. The summed E-state index contributed by atoms with van der Waals surface area (Å²) in [6, 6.07) is 5.68. The number of hydrogen-bond acceptors (Lipinski definition) is 5. The predicted octanol–water partition coefficient (Wildman–Crippen LogP) is 1.86. The van der Waals surface area contributed by atoms with Crippen LogP contribution in [0.5, 0.6) is 5.75 Å². The second-order valence-electron chi connectivity index (χ2n) is 5.70. The third-order valence-corrected chi connectivity index (χ3v) is 4.99. The lowest BCUT2D eigenvalue weighted by Crippen LogP contribution is -2.34. The zero-order valence-electron chi connectivity index (χ0n) is 14.4. The van der Waals surface area contributed by atoms with Gasteiger partial charge in [-0.05, 0) is 19.1 Å². The Morgan fingerprint density at radius 3 is 2.73 bits per heavy atom. The van der Waals surface area contributed by atoms with Crippen LogP contribution in [0.25, 0.3) is 10.2 Å². The largest absolute Gasteiger partial charge is 0.492 e. The molecular weight excluding hydrogens is 354 g/mol. The van der Waals surface area contributed by atoms with Crippen molar-refractivity contribution in [2.45, 2.75) is 26.3 Å². The number of benzene rings is 1. The minimum Gasteiger partial charge on any atom is -0.492 e. The number of ether oxygens (including phenoxy) is 1. The highest BCUT2D eigenvalue weighted by molar-refractivity contribution is 7.16. The second kappa shape index (κ2) is 7.65. The number of hydrogen-bond donors (Lipinski definition) is 0. The number of thiazole rings is 1. The molecule has 0 spiro atoms. The second-order valence-corrected chi connectivity index (χ2v) is 6.71. The van der Waals surface area contributed by atoms with Gasteiger partial charge < -0.3 is 9.30 Å². The van der Waals surface area contributed by atoms with Gasteiger partial charge >= 0.3 is 0 Å². The van der Waals surface area contributed by atoms with E-state index in [-0.39, 0.29) is 31.2 Å². The lowest BCUT2D eigenvalue weighted by Gasteiger charge is -2.10. The summed E-state index contributed by atoms with van der Waals surface area (Å²) in [5.74, 6) is -0.474. The van der Waals surface area contributed by atoms with Crippen molar-refractivity contribution < 1.29 is 19.1 Å². The van der Waals surface area contributed by atoms with E-state index in [1.54, 1.807) is 6.08 Å². The van der Waals surface area contributed by atoms with Crippen LogP contribution in [-0.2, 0) is 20.9 Å². The molecule has 1 fully saturated rings. The number of carbonyl (C=O) groups is 3. The number of aromatic nitrogens is 1. The number of carbonyl (C=O) groups excluding carboxylic acids is 3. The van der Waals surface area contributed by atoms with E-state index in [0.717, 1.165) is 15.1 Å². The lowest BCUT2D eigenvalue weighted by molar-refractivity contribution is -0.141. The molecule has 0 radical (unpaired) electrons. The Hall–Kier alpha value is -2.74. The molecular formula is C18H19N3O4S. The van der Waals surface area contributed by atoms with Gasteiger partial charge in [-0.15, -0.1) is 6.58 Å². The predicted molar refractivity (Wildman–Crippen MR) is 97.7 cm³/mol. The molecule has 0 saturated carbocycles. The highest BCUT2D eigenvalue weighted by atomic mass is 32.1. The Balaban J connectivity index is 2.01. The first-order chi connectivity index (χ1) is 12.5. The van der Waals surface area contributed by atoms with Gasteiger partial charge in [0.2, 0.25) is 11.8 Å². The van der Waals surface area contributed by atoms with Gasteiger partial charge in [0.05, 0.1) is 11.3 Å². The first kappa shape index (κ1) is 18.1. The summed E-state index contributed by atoms with van der Waals surface area (Å²) in [6.45, 7) is 6.32. The van der Waals surface area contributed by atoms with E-state index in [9.17, 15) is 14.4 Å². The number of rotatable bonds is 6. The molecule has 0 bridgehead atoms. The molecule has 3 rings (SSSR count). The van der Waals surface area contributed by atoms with Crippen LogP contribution < -0.4 is 9.54 Å². The van der Waals surface area contributed by atoms with Crippen LogP contribution in [0.1, 0.15) is 19.8 Å². The van der Waals surface area contributed by atoms with E-state index in [4.69, 9.17) is 4.74 Å². The minimum absolute atomic E-state index is 0.156. The lowest BCUT2D eigenvalue weighted by atomic mass is 10.3. The van der Waals surface area contributed by atoms with Crippen molar-refractivity contribution in [3.8, 4) is 5.75 Å². The molecule has 2 aromatic rings. The molecule has 136 valence electrons. The molecule has 0 unspecified atom stereocenters. The normalized spacial score (nSPS) is 15.1. The highest BCUT2D eigenvalue weighted by Crippen LogP contribution is 2.27. The molecule has 0 aliphatic carbocycles. The van der Waals surface area contributed by atoms with Crippen LogP contribution >= 0.6 is 11.3 Å². The number of fused-ring (bicyclic) bond motifs is 1. The average molecular weight is 373 g/mol. The summed E-state index contributed by atoms with van der Waals surface area (Å²) in [6.07, 6.45) is 2.03. The van der Waals surface area contributed by atoms with Crippen molar-refractivity contribution in [1.29, 1.82) is 0 Å². The maximum absolute atomic E-state index is 12.3. The van der Waals surface area contributed by atoms with Crippen LogP contribution in [0.3, 0.4) is 0 Å². The molecule has 1 aliphatic rings. The first-order valence-electron chi connectivity index (χ1n) is 8.32. The SMILES string of the molecule is C=CCn1c(=NC(=O)CN2C(=O)CCC2=O)sc2cccc(OCC)c21. The summed E-state index contributed by atoms with van der Waals surface area (Å²) in [4.78, 5) is 41.3. The molecule has 7 nitrogen and oxygen atoms in total. The van der Waals surface area contributed by atoms with Gasteiger partial charge in [0.1, 0.15) is 17.8 Å². The van der Waals surface area contributed by atoms with Crippen LogP contribution in [0.15, 0.2) is 35.8 Å². The molecule has 1 saturated heterocycles. The molecule has 2 heterocycles. The molecule has 1 aliphatic heterocycles. The van der Waals surface area contributed by atoms with Gasteiger partial charge in [0, 0.05) is 19.4 Å². The van der Waals surface area contributed by atoms with Gasteiger partial charge in [-0.25, -0.2) is 0 Å². The summed E-state index contributed by atoms with van der Waals surface area (Å²) in [5.41, 5.74) is 0.846. The molecule has 8 heteroatoms. The van der Waals surface area contributed by atoms with Gasteiger partial charge in [-0.2, -0.15) is 4.99 Å². The summed E-state index contributed by atoms with van der Waals surface area (Å²) in [7, 11) is 0. The molecule has 26 heavy (non-hydrogen) atoms. The Kier molecular flexibility index (Phi) is 5.32. The topological polar surface area (TPSA) is 81.0 Å².